The molecule has 0 aliphatic carbocycles. The lowest BCUT2D eigenvalue weighted by atomic mass is 10.3. The second-order valence-electron chi connectivity index (χ2n) is 9.85. The molecule has 0 spiro atoms. The molecular formula is C27H41N9O5. The van der Waals surface area contributed by atoms with Crippen molar-refractivity contribution in [2.24, 2.45) is 5.90 Å². The maximum absolute atomic E-state index is 5.76. The van der Waals surface area contributed by atoms with Crippen LogP contribution in [0.1, 0.15) is 5.82 Å². The Morgan fingerprint density at radius 3 is 1.98 bits per heavy atom. The number of rotatable bonds is 15. The van der Waals surface area contributed by atoms with Gasteiger partial charge in [-0.1, -0.05) is 12.1 Å². The second-order valence-corrected chi connectivity index (χ2v) is 9.85. The third-order valence-corrected chi connectivity index (χ3v) is 7.12. The molecule has 2 saturated heterocycles. The van der Waals surface area contributed by atoms with Gasteiger partial charge in [0, 0.05) is 45.8 Å². The van der Waals surface area contributed by atoms with E-state index < -0.39 is 0 Å². The van der Waals surface area contributed by atoms with Gasteiger partial charge in [0.1, 0.15) is 5.82 Å². The molecule has 224 valence electrons. The Labute approximate surface area is 240 Å². The minimum Gasteiger partial charge on any atom is -0.378 e. The summed E-state index contributed by atoms with van der Waals surface area (Å²) in [6.07, 6.45) is 0. The molecule has 0 bridgehead atoms. The normalized spacial score (nSPS) is 16.6. The lowest BCUT2D eigenvalue weighted by Gasteiger charge is -2.35. The fourth-order valence-electron chi connectivity index (χ4n) is 4.90. The number of nitrogens with zero attached hydrogens (tertiary/aromatic N) is 8. The Morgan fingerprint density at radius 1 is 0.707 bits per heavy atom. The van der Waals surface area contributed by atoms with Crippen molar-refractivity contribution in [2.45, 2.75) is 6.92 Å². The van der Waals surface area contributed by atoms with E-state index in [-0.39, 0.29) is 0 Å². The summed E-state index contributed by atoms with van der Waals surface area (Å²) >= 11 is 0. The van der Waals surface area contributed by atoms with E-state index >= 15 is 0 Å². The first-order chi connectivity index (χ1) is 20.2. The Balaban J connectivity index is 1.15. The maximum Gasteiger partial charge on any atom is 0.242 e. The highest BCUT2D eigenvalue weighted by Gasteiger charge is 2.24. The molecule has 2 fully saturated rings. The van der Waals surface area contributed by atoms with Crippen LogP contribution in [0.5, 0.6) is 0 Å². The zero-order chi connectivity index (χ0) is 28.3. The molecule has 14 heteroatoms. The Bertz CT molecular complexity index is 1220. The topological polar surface area (TPSA) is 138 Å². The molecule has 0 radical (unpaired) electrons. The number of ether oxygens (including phenoxy) is 4. The van der Waals surface area contributed by atoms with Gasteiger partial charge in [0.15, 0.2) is 0 Å². The molecule has 2 aromatic heterocycles. The van der Waals surface area contributed by atoms with Crippen LogP contribution in [-0.2, 0) is 23.8 Å². The van der Waals surface area contributed by atoms with Crippen LogP contribution in [0.3, 0.4) is 0 Å². The van der Waals surface area contributed by atoms with Crippen LogP contribution < -0.4 is 15.7 Å². The largest absolute Gasteiger partial charge is 0.378 e. The molecule has 2 aliphatic heterocycles. The fourth-order valence-corrected chi connectivity index (χ4v) is 4.90. The van der Waals surface area contributed by atoms with E-state index in [2.05, 4.69) is 25.6 Å². The third kappa shape index (κ3) is 8.07. The number of imidazole rings is 1. The Hall–Kier alpha value is -2.98. The number of nitrogens with two attached hydrogens (primary N) is 1. The van der Waals surface area contributed by atoms with Crippen LogP contribution in [0.25, 0.3) is 17.0 Å². The van der Waals surface area contributed by atoms with Gasteiger partial charge in [0.25, 0.3) is 0 Å². The SMILES string of the molecule is Cc1nc2ccccc2n1-c1nc(N2CCOCC2)nc(N2CCN(CCOCCOCCOCCON)CC2)n1. The van der Waals surface area contributed by atoms with Crippen molar-refractivity contribution in [1.29, 1.82) is 0 Å². The van der Waals surface area contributed by atoms with Crippen LogP contribution >= 0.6 is 0 Å². The van der Waals surface area contributed by atoms with E-state index in [0.717, 1.165) is 62.7 Å². The van der Waals surface area contributed by atoms with Crippen molar-refractivity contribution in [3.63, 3.8) is 0 Å². The van der Waals surface area contributed by atoms with Gasteiger partial charge in [0.05, 0.1) is 70.5 Å². The summed E-state index contributed by atoms with van der Waals surface area (Å²) < 4.78 is 24.2. The van der Waals surface area contributed by atoms with Crippen LogP contribution in [0.4, 0.5) is 11.9 Å². The highest BCUT2D eigenvalue weighted by atomic mass is 16.6. The van der Waals surface area contributed by atoms with Crippen LogP contribution in [0.2, 0.25) is 0 Å². The molecule has 2 N–H and O–H groups in total. The molecule has 41 heavy (non-hydrogen) atoms. The second kappa shape index (κ2) is 15.3. The van der Waals surface area contributed by atoms with Crippen molar-refractivity contribution in [3.05, 3.63) is 30.1 Å². The number of benzene rings is 1. The van der Waals surface area contributed by atoms with Gasteiger partial charge >= 0.3 is 0 Å². The first-order valence-corrected chi connectivity index (χ1v) is 14.3. The van der Waals surface area contributed by atoms with Gasteiger partial charge in [-0.2, -0.15) is 15.0 Å². The molecule has 1 aromatic carbocycles. The average Bonchev–Trinajstić information content (AvgIpc) is 3.36. The summed E-state index contributed by atoms with van der Waals surface area (Å²) in [5.41, 5.74) is 1.90. The minimum atomic E-state index is 0.381. The van der Waals surface area contributed by atoms with E-state index in [1.165, 1.54) is 0 Å². The van der Waals surface area contributed by atoms with Gasteiger partial charge in [-0.3, -0.25) is 9.47 Å². The predicted molar refractivity (Wildman–Crippen MR) is 153 cm³/mol. The molecule has 0 atom stereocenters. The van der Waals surface area contributed by atoms with Gasteiger partial charge in [0.2, 0.25) is 17.8 Å². The standard InChI is InChI=1S/C27H41N9O5/c1-22-29-23-4-2-3-5-24(23)36(22)27-31-25(30-26(32-27)35-11-14-37-15-12-35)34-8-6-33(7-9-34)10-13-38-16-17-39-18-19-40-20-21-41-28/h2-5H,6-21,28H2,1H3. The molecular weight excluding hydrogens is 530 g/mol. The Morgan fingerprint density at radius 2 is 1.29 bits per heavy atom. The number of piperazine rings is 1. The van der Waals surface area contributed by atoms with Gasteiger partial charge in [-0.15, -0.1) is 0 Å². The summed E-state index contributed by atoms with van der Waals surface area (Å²) in [4.78, 5) is 30.8. The molecule has 0 saturated carbocycles. The molecule has 0 unspecified atom stereocenters. The van der Waals surface area contributed by atoms with E-state index in [1.54, 1.807) is 0 Å². The van der Waals surface area contributed by atoms with Crippen LogP contribution in [0, 0.1) is 6.92 Å². The molecule has 4 heterocycles. The smallest absolute Gasteiger partial charge is 0.242 e. The van der Waals surface area contributed by atoms with Crippen LogP contribution in [0.15, 0.2) is 24.3 Å². The first-order valence-electron chi connectivity index (χ1n) is 14.3. The number of aromatic nitrogens is 5. The minimum absolute atomic E-state index is 0.381. The summed E-state index contributed by atoms with van der Waals surface area (Å²) in [6.45, 7) is 12.8. The number of aryl methyl sites for hydroxylation is 1. The monoisotopic (exact) mass is 571 g/mol. The highest BCUT2D eigenvalue weighted by molar-refractivity contribution is 5.77. The zero-order valence-corrected chi connectivity index (χ0v) is 23.8. The van der Waals surface area contributed by atoms with Crippen molar-refractivity contribution in [3.8, 4) is 5.95 Å². The molecule has 3 aromatic rings. The van der Waals surface area contributed by atoms with Crippen molar-refractivity contribution < 1.29 is 23.8 Å². The number of hydrogen-bond acceptors (Lipinski definition) is 13. The third-order valence-electron chi connectivity index (χ3n) is 7.12. The average molecular weight is 572 g/mol. The summed E-state index contributed by atoms with van der Waals surface area (Å²) in [7, 11) is 0. The van der Waals surface area contributed by atoms with Crippen molar-refractivity contribution in [2.75, 3.05) is 115 Å². The van der Waals surface area contributed by atoms with Gasteiger partial charge < -0.3 is 33.6 Å². The van der Waals surface area contributed by atoms with Gasteiger partial charge in [-0.25, -0.2) is 10.9 Å². The number of para-hydroxylation sites is 2. The van der Waals surface area contributed by atoms with Gasteiger partial charge in [-0.05, 0) is 19.1 Å². The zero-order valence-electron chi connectivity index (χ0n) is 23.8. The highest BCUT2D eigenvalue weighted by Crippen LogP contribution is 2.23. The summed E-state index contributed by atoms with van der Waals surface area (Å²) in [5.74, 6) is 7.76. The Kier molecular flexibility index (Phi) is 11.0. The quantitative estimate of drug-likeness (QED) is 0.199. The van der Waals surface area contributed by atoms with Crippen molar-refractivity contribution in [1.82, 2.24) is 29.4 Å². The summed E-state index contributed by atoms with van der Waals surface area (Å²) in [6, 6.07) is 8.07. The lowest BCUT2D eigenvalue weighted by Crippen LogP contribution is -2.48. The lowest BCUT2D eigenvalue weighted by molar-refractivity contribution is -0.00418. The van der Waals surface area contributed by atoms with E-state index in [1.807, 2.05) is 29.7 Å². The number of fused-ring (bicyclic) bond motifs is 1. The number of anilines is 2. The van der Waals surface area contributed by atoms with E-state index in [9.17, 15) is 0 Å². The molecule has 14 nitrogen and oxygen atoms in total. The maximum atomic E-state index is 5.76. The number of morpholine rings is 1. The number of hydrogen-bond donors (Lipinski definition) is 1. The van der Waals surface area contributed by atoms with Crippen molar-refractivity contribution >= 4 is 22.9 Å². The fraction of sp³-hybridized carbons (Fsp3) is 0.630. The molecule has 0 amide bonds. The molecule has 2 aliphatic rings. The van der Waals surface area contributed by atoms with Crippen LogP contribution in [-0.4, -0.2) is 135 Å². The predicted octanol–water partition coefficient (Wildman–Crippen LogP) is 0.418. The summed E-state index contributed by atoms with van der Waals surface area (Å²) in [5, 5.41) is 0. The first kappa shape index (κ1) is 29.5. The molecule has 5 rings (SSSR count). The van der Waals surface area contributed by atoms with E-state index in [4.69, 9.17) is 44.8 Å². The van der Waals surface area contributed by atoms with E-state index in [0.29, 0.717) is 77.3 Å².